The number of benzene rings is 3. The van der Waals surface area contributed by atoms with Crippen LogP contribution in [0.5, 0.6) is 0 Å². The smallest absolute Gasteiger partial charge is 0.170 e. The zero-order valence-corrected chi connectivity index (χ0v) is 14.5. The molecular weight excluding hydrogens is 331 g/mol. The first-order valence-electron chi connectivity index (χ1n) is 8.12. The fourth-order valence-electron chi connectivity index (χ4n) is 2.70. The Morgan fingerprint density at radius 2 is 1.32 bits per heavy atom. The molecule has 3 aromatic carbocycles. The highest BCUT2D eigenvalue weighted by Gasteiger charge is 2.14. The number of rotatable bonds is 5. The molecule has 0 fully saturated rings. The van der Waals surface area contributed by atoms with Crippen molar-refractivity contribution in [3.8, 4) is 0 Å². The van der Waals surface area contributed by atoms with E-state index in [2.05, 4.69) is 34.9 Å². The van der Waals surface area contributed by atoms with Gasteiger partial charge in [-0.3, -0.25) is 0 Å². The molecule has 0 saturated heterocycles. The van der Waals surface area contributed by atoms with Gasteiger partial charge in [0, 0.05) is 18.2 Å². The fraction of sp³-hybridized carbons (Fsp3) is 0.0952. The Morgan fingerprint density at radius 1 is 0.800 bits per heavy atom. The first-order valence-corrected chi connectivity index (χ1v) is 8.53. The second-order valence-corrected chi connectivity index (χ2v) is 6.12. The molecule has 3 rings (SSSR count). The molecule has 0 atom stereocenters. The minimum Gasteiger partial charge on any atom is -0.361 e. The van der Waals surface area contributed by atoms with Crippen LogP contribution in [0.1, 0.15) is 17.0 Å². The summed E-state index contributed by atoms with van der Waals surface area (Å²) in [7, 11) is 0. The molecule has 0 saturated carbocycles. The van der Waals surface area contributed by atoms with Gasteiger partial charge in [-0.25, -0.2) is 4.39 Å². The third-order valence-corrected chi connectivity index (χ3v) is 4.22. The van der Waals surface area contributed by atoms with Crippen molar-refractivity contribution >= 4 is 23.0 Å². The lowest BCUT2D eigenvalue weighted by Gasteiger charge is -2.20. The predicted octanol–water partition coefficient (Wildman–Crippen LogP) is 4.94. The summed E-state index contributed by atoms with van der Waals surface area (Å²) in [6, 6.07) is 26.8. The lowest BCUT2D eigenvalue weighted by molar-refractivity contribution is 0.628. The summed E-state index contributed by atoms with van der Waals surface area (Å²) in [6.07, 6.45) is 0. The Hall–Kier alpha value is -2.72. The molecule has 0 spiro atoms. The van der Waals surface area contributed by atoms with Gasteiger partial charge in [0.15, 0.2) is 5.11 Å². The molecule has 3 aromatic rings. The summed E-state index contributed by atoms with van der Waals surface area (Å²) in [5.41, 5.74) is 3.21. The maximum Gasteiger partial charge on any atom is 0.170 e. The first kappa shape index (κ1) is 17.1. The molecule has 2 N–H and O–H groups in total. The highest BCUT2D eigenvalue weighted by atomic mass is 32.1. The maximum atomic E-state index is 13.0. The zero-order valence-electron chi connectivity index (χ0n) is 13.7. The Morgan fingerprint density at radius 3 is 1.84 bits per heavy atom. The molecule has 0 aliphatic rings. The van der Waals surface area contributed by atoms with Crippen molar-refractivity contribution in [1.29, 1.82) is 0 Å². The van der Waals surface area contributed by atoms with Crippen LogP contribution >= 0.6 is 12.2 Å². The van der Waals surface area contributed by atoms with Crippen LogP contribution in [0, 0.1) is 5.82 Å². The van der Waals surface area contributed by atoms with Crippen molar-refractivity contribution in [3.63, 3.8) is 0 Å². The molecular formula is C21H19FN2S. The second kappa shape index (κ2) is 8.40. The van der Waals surface area contributed by atoms with Gasteiger partial charge in [-0.15, -0.1) is 0 Å². The molecule has 0 unspecified atom stereocenters. The number of hydrogen-bond acceptors (Lipinski definition) is 1. The predicted molar refractivity (Wildman–Crippen MR) is 105 cm³/mol. The number of halogens is 1. The van der Waals surface area contributed by atoms with Crippen molar-refractivity contribution in [2.45, 2.75) is 5.92 Å². The Kier molecular flexibility index (Phi) is 5.75. The normalized spacial score (nSPS) is 10.5. The van der Waals surface area contributed by atoms with Gasteiger partial charge >= 0.3 is 0 Å². The third kappa shape index (κ3) is 4.88. The molecule has 0 aromatic heterocycles. The molecule has 126 valence electrons. The third-order valence-electron chi connectivity index (χ3n) is 3.97. The van der Waals surface area contributed by atoms with Gasteiger partial charge in [0.25, 0.3) is 0 Å². The van der Waals surface area contributed by atoms with Gasteiger partial charge in [0.05, 0.1) is 0 Å². The van der Waals surface area contributed by atoms with E-state index in [1.54, 1.807) is 12.1 Å². The van der Waals surface area contributed by atoms with Crippen LogP contribution in [0.15, 0.2) is 84.9 Å². The lowest BCUT2D eigenvalue weighted by Crippen LogP contribution is -2.32. The average molecular weight is 350 g/mol. The number of thiocarbonyl (C=S) groups is 1. The summed E-state index contributed by atoms with van der Waals surface area (Å²) >= 11 is 5.37. The van der Waals surface area contributed by atoms with Crippen LogP contribution in [-0.2, 0) is 0 Å². The van der Waals surface area contributed by atoms with Crippen molar-refractivity contribution in [3.05, 3.63) is 102 Å². The van der Waals surface area contributed by atoms with Gasteiger partial charge in [-0.1, -0.05) is 60.7 Å². The number of anilines is 1. The lowest BCUT2D eigenvalue weighted by atomic mass is 9.91. The van der Waals surface area contributed by atoms with Crippen molar-refractivity contribution in [1.82, 2.24) is 5.32 Å². The molecule has 0 bridgehead atoms. The van der Waals surface area contributed by atoms with Gasteiger partial charge in [-0.05, 0) is 47.6 Å². The monoisotopic (exact) mass is 350 g/mol. The van der Waals surface area contributed by atoms with Gasteiger partial charge in [0.2, 0.25) is 0 Å². The Bertz CT molecular complexity index is 765. The zero-order chi connectivity index (χ0) is 17.5. The summed E-state index contributed by atoms with van der Waals surface area (Å²) in [6.45, 7) is 0.668. The maximum absolute atomic E-state index is 13.0. The summed E-state index contributed by atoms with van der Waals surface area (Å²) in [5.74, 6) is -0.0759. The van der Waals surface area contributed by atoms with Crippen LogP contribution in [0.25, 0.3) is 0 Å². The van der Waals surface area contributed by atoms with E-state index in [0.29, 0.717) is 11.7 Å². The van der Waals surface area contributed by atoms with E-state index < -0.39 is 0 Å². The number of hydrogen-bond donors (Lipinski definition) is 2. The highest BCUT2D eigenvalue weighted by molar-refractivity contribution is 7.80. The quantitative estimate of drug-likeness (QED) is 0.637. The Balaban J connectivity index is 1.68. The summed E-state index contributed by atoms with van der Waals surface area (Å²) < 4.78 is 13.0. The van der Waals surface area contributed by atoms with E-state index in [0.717, 1.165) is 5.69 Å². The number of nitrogens with one attached hydrogen (secondary N) is 2. The van der Waals surface area contributed by atoms with Gasteiger partial charge in [-0.2, -0.15) is 0 Å². The van der Waals surface area contributed by atoms with Crippen molar-refractivity contribution in [2.24, 2.45) is 0 Å². The van der Waals surface area contributed by atoms with Crippen LogP contribution < -0.4 is 10.6 Å². The minimum absolute atomic E-state index is 0.190. The Labute approximate surface area is 152 Å². The molecule has 0 radical (unpaired) electrons. The topological polar surface area (TPSA) is 24.1 Å². The van der Waals surface area contributed by atoms with Gasteiger partial charge < -0.3 is 10.6 Å². The summed E-state index contributed by atoms with van der Waals surface area (Å²) in [4.78, 5) is 0. The van der Waals surface area contributed by atoms with E-state index in [-0.39, 0.29) is 11.7 Å². The van der Waals surface area contributed by atoms with Crippen LogP contribution in [0.4, 0.5) is 10.1 Å². The van der Waals surface area contributed by atoms with E-state index in [1.165, 1.54) is 23.3 Å². The van der Waals surface area contributed by atoms with E-state index in [1.807, 2.05) is 36.4 Å². The highest BCUT2D eigenvalue weighted by Crippen LogP contribution is 2.23. The largest absolute Gasteiger partial charge is 0.361 e. The second-order valence-electron chi connectivity index (χ2n) is 5.72. The van der Waals surface area contributed by atoms with Crippen molar-refractivity contribution < 1.29 is 4.39 Å². The SMILES string of the molecule is Fc1ccc(NC(=S)NCC(c2ccccc2)c2ccccc2)cc1. The van der Waals surface area contributed by atoms with E-state index in [4.69, 9.17) is 12.2 Å². The van der Waals surface area contributed by atoms with E-state index in [9.17, 15) is 4.39 Å². The van der Waals surface area contributed by atoms with E-state index >= 15 is 0 Å². The molecule has 2 nitrogen and oxygen atoms in total. The molecule has 0 aliphatic heterocycles. The summed E-state index contributed by atoms with van der Waals surface area (Å²) in [5, 5.41) is 6.87. The van der Waals surface area contributed by atoms with Gasteiger partial charge in [0.1, 0.15) is 5.82 Å². The fourth-order valence-corrected chi connectivity index (χ4v) is 2.90. The molecule has 0 aliphatic carbocycles. The molecule has 25 heavy (non-hydrogen) atoms. The first-order chi connectivity index (χ1) is 12.2. The van der Waals surface area contributed by atoms with Crippen LogP contribution in [-0.4, -0.2) is 11.7 Å². The molecule has 0 heterocycles. The molecule has 4 heteroatoms. The van der Waals surface area contributed by atoms with Crippen LogP contribution in [0.3, 0.4) is 0 Å². The van der Waals surface area contributed by atoms with Crippen LogP contribution in [0.2, 0.25) is 0 Å². The minimum atomic E-state index is -0.266. The van der Waals surface area contributed by atoms with Crippen molar-refractivity contribution in [2.75, 3.05) is 11.9 Å². The molecule has 0 amide bonds. The average Bonchev–Trinajstić information content (AvgIpc) is 2.66. The standard InChI is InChI=1S/C21H19FN2S/c22-18-11-13-19(14-12-18)24-21(25)23-15-20(16-7-3-1-4-8-16)17-9-5-2-6-10-17/h1-14,20H,15H2,(H2,23,24,25).